The van der Waals surface area contributed by atoms with Gasteiger partial charge in [0.25, 0.3) is 5.91 Å². The monoisotopic (exact) mass is 848 g/mol. The van der Waals surface area contributed by atoms with Gasteiger partial charge < -0.3 is 29.7 Å². The lowest BCUT2D eigenvalue weighted by atomic mass is 9.87. The van der Waals surface area contributed by atoms with E-state index in [2.05, 4.69) is 25.3 Å². The first-order valence-electron chi connectivity index (χ1n) is 20.2. The number of aryl methyl sites for hydroxylation is 1. The number of nitrogens with zero attached hydrogens (tertiary/aromatic N) is 3. The Morgan fingerprint density at radius 3 is 2.49 bits per heavy atom. The van der Waals surface area contributed by atoms with Crippen LogP contribution in [0.15, 0.2) is 24.3 Å². The zero-order valence-electron chi connectivity index (χ0n) is 33.7. The smallest absolute Gasteiger partial charge is 0.437 e. The van der Waals surface area contributed by atoms with Gasteiger partial charge in [-0.25, -0.2) is 23.2 Å². The molecule has 0 aromatic carbocycles. The van der Waals surface area contributed by atoms with E-state index >= 15 is 0 Å². The van der Waals surface area contributed by atoms with Gasteiger partial charge in [0.2, 0.25) is 27.7 Å². The maximum absolute atomic E-state index is 14.8. The van der Waals surface area contributed by atoms with E-state index in [1.54, 1.807) is 13.0 Å². The van der Waals surface area contributed by atoms with Crippen molar-refractivity contribution in [2.75, 3.05) is 13.7 Å². The molecule has 1 spiro atoms. The zero-order valence-corrected chi connectivity index (χ0v) is 34.6. The van der Waals surface area contributed by atoms with Crippen LogP contribution in [0.1, 0.15) is 103 Å². The molecule has 1 saturated heterocycles. The third-order valence-corrected chi connectivity index (χ3v) is 14.8. The lowest BCUT2D eigenvalue weighted by molar-refractivity contribution is -0.144. The average Bonchev–Trinajstić information content (AvgIpc) is 4.06. The van der Waals surface area contributed by atoms with Crippen molar-refractivity contribution in [2.24, 2.45) is 11.8 Å². The van der Waals surface area contributed by atoms with Crippen LogP contribution in [0, 0.1) is 11.8 Å². The van der Waals surface area contributed by atoms with E-state index in [1.807, 2.05) is 19.9 Å². The van der Waals surface area contributed by atoms with E-state index in [0.717, 1.165) is 0 Å². The number of pyridine rings is 2. The fraction of sp³-hybridized carbons (Fsp3) is 0.650. The van der Waals surface area contributed by atoms with Gasteiger partial charge in [-0.15, -0.1) is 0 Å². The van der Waals surface area contributed by atoms with E-state index in [9.17, 15) is 40.8 Å². The first-order chi connectivity index (χ1) is 27.7. The van der Waals surface area contributed by atoms with Gasteiger partial charge in [0.1, 0.15) is 29.3 Å². The summed E-state index contributed by atoms with van der Waals surface area (Å²) in [6.45, 7) is 6.62. The number of carbonyl (C=O) groups excluding carboxylic acids is 4. The number of carbonyl (C=O) groups is 4. The van der Waals surface area contributed by atoms with Gasteiger partial charge in [-0.3, -0.25) is 19.1 Å². The van der Waals surface area contributed by atoms with E-state index in [0.29, 0.717) is 38.5 Å². The normalized spacial score (nSPS) is 29.1. The fourth-order valence-corrected chi connectivity index (χ4v) is 9.47. The Morgan fingerprint density at radius 2 is 1.81 bits per heavy atom. The van der Waals surface area contributed by atoms with Crippen molar-refractivity contribution in [2.45, 2.75) is 139 Å². The predicted octanol–water partition coefficient (Wildman–Crippen LogP) is 4.85. The van der Waals surface area contributed by atoms with Gasteiger partial charge in [-0.1, -0.05) is 38.8 Å². The Morgan fingerprint density at radius 1 is 1.07 bits per heavy atom. The van der Waals surface area contributed by atoms with Crippen molar-refractivity contribution >= 4 is 44.9 Å². The summed E-state index contributed by atoms with van der Waals surface area (Å²) >= 11 is 0. The maximum atomic E-state index is 14.8. The minimum absolute atomic E-state index is 0.00487. The summed E-state index contributed by atoms with van der Waals surface area (Å²) in [5.41, 5.74) is -4.25. The third-order valence-electron chi connectivity index (χ3n) is 12.6. The molecule has 0 unspecified atom stereocenters. The SMILES string of the molecule is COc1ccc2nc(C(F)(F)F)c3c(c2n1)CC[C@]1(C[C@H]2C(=O)N[C@]4(C(=O)NS(=O)(=O)C5(C)CC5)C[C@H]4/C=C\CCCCC[C@H](NC(=O)O[C@@H](C)C(C)C)C(=O)N2C1)O3. The Bertz CT molecular complexity index is 2180. The summed E-state index contributed by atoms with van der Waals surface area (Å²) in [5, 5.41) is 5.47. The van der Waals surface area contributed by atoms with Gasteiger partial charge in [0, 0.05) is 24.0 Å². The molecule has 4 amide bonds. The summed E-state index contributed by atoms with van der Waals surface area (Å²) < 4.78 is 88.8. The predicted molar refractivity (Wildman–Crippen MR) is 207 cm³/mol. The van der Waals surface area contributed by atoms with Gasteiger partial charge in [0.05, 0.1) is 29.4 Å². The Kier molecular flexibility index (Phi) is 11.1. The molecule has 2 saturated carbocycles. The van der Waals surface area contributed by atoms with Crippen LogP contribution in [-0.2, 0) is 41.7 Å². The van der Waals surface area contributed by atoms with Crippen LogP contribution in [0.25, 0.3) is 11.0 Å². The highest BCUT2D eigenvalue weighted by molar-refractivity contribution is 7.91. The molecule has 3 aliphatic heterocycles. The first-order valence-corrected chi connectivity index (χ1v) is 21.7. The van der Waals surface area contributed by atoms with Crippen LogP contribution in [-0.4, -0.2) is 94.8 Å². The van der Waals surface area contributed by atoms with Gasteiger partial charge in [-0.05, 0) is 77.2 Å². The molecule has 3 N–H and O–H groups in total. The molecule has 7 rings (SSSR count). The van der Waals surface area contributed by atoms with Gasteiger partial charge in [0.15, 0.2) is 11.4 Å². The molecule has 19 heteroatoms. The van der Waals surface area contributed by atoms with Gasteiger partial charge in [-0.2, -0.15) is 13.2 Å². The minimum Gasteiger partial charge on any atom is -0.483 e. The number of alkyl carbamates (subject to hydrolysis) is 1. The molecule has 5 heterocycles. The number of hydrogen-bond donors (Lipinski definition) is 3. The molecule has 0 radical (unpaired) electrons. The largest absolute Gasteiger partial charge is 0.483 e. The van der Waals surface area contributed by atoms with Crippen molar-refractivity contribution in [1.82, 2.24) is 30.2 Å². The van der Waals surface area contributed by atoms with E-state index in [4.69, 9.17) is 14.2 Å². The zero-order chi connectivity index (χ0) is 42.7. The Hall–Kier alpha value is -4.68. The second kappa shape index (κ2) is 15.4. The summed E-state index contributed by atoms with van der Waals surface area (Å²) in [4.78, 5) is 66.0. The maximum Gasteiger partial charge on any atom is 0.437 e. The molecular weight excluding hydrogens is 798 g/mol. The molecule has 2 aromatic rings. The van der Waals surface area contributed by atoms with Crippen LogP contribution < -0.4 is 24.8 Å². The van der Waals surface area contributed by atoms with Crippen LogP contribution in [0.5, 0.6) is 11.6 Å². The number of aromatic nitrogens is 2. The van der Waals surface area contributed by atoms with Gasteiger partial charge >= 0.3 is 12.3 Å². The lowest BCUT2D eigenvalue weighted by Crippen LogP contribution is -2.58. The number of sulfonamides is 1. The number of alkyl halides is 3. The van der Waals surface area contributed by atoms with Crippen molar-refractivity contribution in [3.05, 3.63) is 35.5 Å². The fourth-order valence-electron chi connectivity index (χ4n) is 8.16. The van der Waals surface area contributed by atoms with Crippen molar-refractivity contribution < 1.29 is 55.0 Å². The number of methoxy groups -OCH3 is 1. The molecule has 5 aliphatic rings. The second-order valence-electron chi connectivity index (χ2n) is 17.2. The third kappa shape index (κ3) is 8.27. The molecule has 6 atom stereocenters. The van der Waals surface area contributed by atoms with Crippen LogP contribution >= 0.6 is 0 Å². The van der Waals surface area contributed by atoms with Crippen LogP contribution in [0.4, 0.5) is 18.0 Å². The number of halogens is 3. The minimum atomic E-state index is -4.96. The number of amides is 4. The number of allylic oxidation sites excluding steroid dienone is 1. The molecule has 2 aliphatic carbocycles. The lowest BCUT2D eigenvalue weighted by Gasteiger charge is -2.37. The molecular formula is C40H51F3N6O9S. The first kappa shape index (κ1) is 42.4. The molecule has 0 bridgehead atoms. The van der Waals surface area contributed by atoms with Crippen LogP contribution in [0.2, 0.25) is 0 Å². The second-order valence-corrected chi connectivity index (χ2v) is 19.4. The quantitative estimate of drug-likeness (QED) is 0.322. The van der Waals surface area contributed by atoms with Crippen molar-refractivity contribution in [1.29, 1.82) is 0 Å². The number of nitrogens with one attached hydrogen (secondary N) is 3. The Balaban J connectivity index is 1.27. The molecule has 2 aromatic heterocycles. The van der Waals surface area contributed by atoms with E-state index in [-0.39, 0.29) is 67.0 Å². The van der Waals surface area contributed by atoms with Crippen molar-refractivity contribution in [3.63, 3.8) is 0 Å². The molecule has 15 nitrogen and oxygen atoms in total. The van der Waals surface area contributed by atoms with E-state index in [1.165, 1.54) is 31.1 Å². The number of rotatable bonds is 7. The van der Waals surface area contributed by atoms with E-state index < -0.39 is 91.5 Å². The number of ether oxygens (including phenoxy) is 3. The standard InChI is InChI=1S/C40H51F3N6O9S/c1-22(2)23(3)57-36(53)45-27-12-10-8-6-7-9-11-24-19-39(24,35(52)48-59(54,55)37(4)17-18-37)47-33(50)28-20-38(21-49(28)34(27)51)16-15-25-30-26(13-14-29(46-30)56-5)44-32(31(25)58-38)40(41,42)43/h9,11,13-14,22-24,27-28H,6-8,10,12,15-21H2,1-5H3,(H,45,53)(H,47,50)(H,48,52)/b11-9-/t23-,24+,27-,28-,38+,39+/m0/s1. The average molecular weight is 849 g/mol. The summed E-state index contributed by atoms with van der Waals surface area (Å²) in [7, 11) is -2.73. The summed E-state index contributed by atoms with van der Waals surface area (Å²) in [6, 6.07) is 0.182. The Labute approximate surface area is 340 Å². The van der Waals surface area contributed by atoms with Crippen molar-refractivity contribution in [3.8, 4) is 11.6 Å². The molecule has 3 fully saturated rings. The highest BCUT2D eigenvalue weighted by Crippen LogP contribution is 2.50. The number of hydrogen-bond acceptors (Lipinski definition) is 11. The summed E-state index contributed by atoms with van der Waals surface area (Å²) in [6.07, 6.45) is 0.580. The van der Waals surface area contributed by atoms with Crippen LogP contribution in [0.3, 0.4) is 0 Å². The molecule has 59 heavy (non-hydrogen) atoms. The number of fused-ring (bicyclic) bond motifs is 5. The summed E-state index contributed by atoms with van der Waals surface area (Å²) in [5.74, 6) is -3.44. The topological polar surface area (TPSA) is 195 Å². The highest BCUT2D eigenvalue weighted by atomic mass is 32.2. The highest BCUT2D eigenvalue weighted by Gasteiger charge is 2.64. The molecule has 322 valence electrons.